The van der Waals surface area contributed by atoms with Crippen LogP contribution in [0.3, 0.4) is 0 Å². The molecule has 2 rings (SSSR count). The highest BCUT2D eigenvalue weighted by atomic mass is 35.5. The molecule has 1 aliphatic heterocycles. The summed E-state index contributed by atoms with van der Waals surface area (Å²) in [6.45, 7) is 6.93. The van der Waals surface area contributed by atoms with Gasteiger partial charge in [0, 0.05) is 44.1 Å². The molecule has 0 bridgehead atoms. The van der Waals surface area contributed by atoms with Crippen LogP contribution in [0.1, 0.15) is 11.8 Å². The SMILES string of the molecule is CCNC(=O)NC(=O)CN1CCN(Cc2ccc(Cl)s2)CC1. The molecule has 122 valence electrons. The van der Waals surface area contributed by atoms with E-state index in [9.17, 15) is 9.59 Å². The third-order valence-electron chi connectivity index (χ3n) is 3.43. The molecular formula is C14H21ClN4O2S. The Hall–Kier alpha value is -1.15. The Morgan fingerprint density at radius 2 is 1.91 bits per heavy atom. The van der Waals surface area contributed by atoms with E-state index in [2.05, 4.69) is 26.5 Å². The van der Waals surface area contributed by atoms with Crippen molar-refractivity contribution in [2.24, 2.45) is 0 Å². The molecule has 2 heterocycles. The molecule has 3 amide bonds. The van der Waals surface area contributed by atoms with E-state index >= 15 is 0 Å². The topological polar surface area (TPSA) is 64.7 Å². The maximum absolute atomic E-state index is 11.7. The average molecular weight is 345 g/mol. The number of thiophene rings is 1. The maximum atomic E-state index is 11.7. The summed E-state index contributed by atoms with van der Waals surface area (Å²) in [5.74, 6) is -0.260. The minimum Gasteiger partial charge on any atom is -0.338 e. The average Bonchev–Trinajstić information content (AvgIpc) is 2.86. The smallest absolute Gasteiger partial charge is 0.321 e. The number of nitrogens with one attached hydrogen (secondary N) is 2. The first-order chi connectivity index (χ1) is 10.6. The number of hydrogen-bond acceptors (Lipinski definition) is 5. The summed E-state index contributed by atoms with van der Waals surface area (Å²) >= 11 is 7.54. The van der Waals surface area contributed by atoms with Gasteiger partial charge in [-0.1, -0.05) is 11.6 Å². The summed E-state index contributed by atoms with van der Waals surface area (Å²) in [5.41, 5.74) is 0. The van der Waals surface area contributed by atoms with Crippen molar-refractivity contribution in [3.8, 4) is 0 Å². The van der Waals surface area contributed by atoms with Crippen LogP contribution in [0.5, 0.6) is 0 Å². The molecule has 22 heavy (non-hydrogen) atoms. The molecule has 0 aliphatic carbocycles. The second-order valence-electron chi connectivity index (χ2n) is 5.17. The normalized spacial score (nSPS) is 16.5. The Labute approximate surface area is 139 Å². The summed E-state index contributed by atoms with van der Waals surface area (Å²) in [6.07, 6.45) is 0. The van der Waals surface area contributed by atoms with Crippen LogP contribution in [-0.2, 0) is 11.3 Å². The molecule has 0 unspecified atom stereocenters. The van der Waals surface area contributed by atoms with E-state index in [1.54, 1.807) is 11.3 Å². The fourth-order valence-electron chi connectivity index (χ4n) is 2.34. The monoisotopic (exact) mass is 344 g/mol. The van der Waals surface area contributed by atoms with E-state index in [1.165, 1.54) is 4.88 Å². The van der Waals surface area contributed by atoms with Gasteiger partial charge in [-0.05, 0) is 19.1 Å². The second kappa shape index (κ2) is 8.47. The quantitative estimate of drug-likeness (QED) is 0.846. The minimum atomic E-state index is -0.430. The van der Waals surface area contributed by atoms with Crippen LogP contribution in [0, 0.1) is 0 Å². The fraction of sp³-hybridized carbons (Fsp3) is 0.571. The van der Waals surface area contributed by atoms with Crippen molar-refractivity contribution < 1.29 is 9.59 Å². The van der Waals surface area contributed by atoms with Crippen molar-refractivity contribution in [3.05, 3.63) is 21.3 Å². The van der Waals surface area contributed by atoms with Gasteiger partial charge in [-0.2, -0.15) is 0 Å². The summed E-state index contributed by atoms with van der Waals surface area (Å²) in [6, 6.07) is 3.54. The first kappa shape index (κ1) is 17.2. The number of nitrogens with zero attached hydrogens (tertiary/aromatic N) is 2. The lowest BCUT2D eigenvalue weighted by molar-refractivity contribution is -0.121. The highest BCUT2D eigenvalue weighted by Crippen LogP contribution is 2.23. The molecule has 1 aromatic rings. The largest absolute Gasteiger partial charge is 0.338 e. The number of hydrogen-bond donors (Lipinski definition) is 2. The lowest BCUT2D eigenvalue weighted by Crippen LogP contribution is -2.50. The summed E-state index contributed by atoms with van der Waals surface area (Å²) in [7, 11) is 0. The Morgan fingerprint density at radius 3 is 2.50 bits per heavy atom. The molecule has 1 aliphatic rings. The Kier molecular flexibility index (Phi) is 6.63. The molecule has 1 aromatic heterocycles. The lowest BCUT2D eigenvalue weighted by atomic mass is 10.3. The first-order valence-corrected chi connectivity index (χ1v) is 8.53. The van der Waals surface area contributed by atoms with Gasteiger partial charge in [0.2, 0.25) is 5.91 Å². The standard InChI is InChI=1S/C14H21ClN4O2S/c1-2-16-14(21)17-13(20)10-19-7-5-18(6-8-19)9-11-3-4-12(15)22-11/h3-4H,2,5-10H2,1H3,(H2,16,17,20,21). The van der Waals surface area contributed by atoms with E-state index in [-0.39, 0.29) is 12.5 Å². The van der Waals surface area contributed by atoms with E-state index in [0.717, 1.165) is 37.1 Å². The van der Waals surface area contributed by atoms with Crippen LogP contribution in [0.2, 0.25) is 4.34 Å². The highest BCUT2D eigenvalue weighted by Gasteiger charge is 2.20. The van der Waals surface area contributed by atoms with Crippen molar-refractivity contribution in [3.63, 3.8) is 0 Å². The number of piperazine rings is 1. The number of imide groups is 1. The van der Waals surface area contributed by atoms with Crippen molar-refractivity contribution in [2.75, 3.05) is 39.3 Å². The summed E-state index contributed by atoms with van der Waals surface area (Å²) in [5, 5.41) is 4.87. The molecule has 2 N–H and O–H groups in total. The third-order valence-corrected chi connectivity index (χ3v) is 4.65. The van der Waals surface area contributed by atoms with Crippen molar-refractivity contribution in [1.29, 1.82) is 0 Å². The maximum Gasteiger partial charge on any atom is 0.321 e. The van der Waals surface area contributed by atoms with Gasteiger partial charge in [-0.3, -0.25) is 19.9 Å². The van der Waals surface area contributed by atoms with E-state index < -0.39 is 6.03 Å². The summed E-state index contributed by atoms with van der Waals surface area (Å²) < 4.78 is 0.815. The predicted octanol–water partition coefficient (Wildman–Crippen LogP) is 1.36. The number of urea groups is 1. The zero-order valence-corrected chi connectivity index (χ0v) is 14.2. The van der Waals surface area contributed by atoms with Crippen LogP contribution < -0.4 is 10.6 Å². The molecular weight excluding hydrogens is 324 g/mol. The molecule has 6 nitrogen and oxygen atoms in total. The highest BCUT2D eigenvalue weighted by molar-refractivity contribution is 7.16. The Bertz CT molecular complexity index is 515. The van der Waals surface area contributed by atoms with E-state index in [4.69, 9.17) is 11.6 Å². The van der Waals surface area contributed by atoms with Gasteiger partial charge in [0.1, 0.15) is 0 Å². The summed E-state index contributed by atoms with van der Waals surface area (Å²) in [4.78, 5) is 28.7. The first-order valence-electron chi connectivity index (χ1n) is 7.33. The van der Waals surface area contributed by atoms with E-state index in [1.807, 2.05) is 13.0 Å². The zero-order valence-electron chi connectivity index (χ0n) is 12.6. The number of halogens is 1. The number of carbonyl (C=O) groups excluding carboxylic acids is 2. The van der Waals surface area contributed by atoms with Crippen molar-refractivity contribution in [1.82, 2.24) is 20.4 Å². The predicted molar refractivity (Wildman–Crippen MR) is 88.3 cm³/mol. The Balaban J connectivity index is 1.68. The fourth-order valence-corrected chi connectivity index (χ4v) is 3.47. The Morgan fingerprint density at radius 1 is 1.23 bits per heavy atom. The molecule has 1 fully saturated rings. The van der Waals surface area contributed by atoms with Gasteiger partial charge in [-0.25, -0.2) is 4.79 Å². The van der Waals surface area contributed by atoms with Crippen LogP contribution in [-0.4, -0.2) is 61.0 Å². The minimum absolute atomic E-state index is 0.260. The van der Waals surface area contributed by atoms with Crippen molar-refractivity contribution >= 4 is 34.9 Å². The molecule has 0 spiro atoms. The zero-order chi connectivity index (χ0) is 15.9. The van der Waals surface area contributed by atoms with Gasteiger partial charge >= 0.3 is 6.03 Å². The van der Waals surface area contributed by atoms with Crippen LogP contribution in [0.25, 0.3) is 0 Å². The molecule has 8 heteroatoms. The van der Waals surface area contributed by atoms with Crippen LogP contribution >= 0.6 is 22.9 Å². The second-order valence-corrected chi connectivity index (χ2v) is 6.97. The van der Waals surface area contributed by atoms with E-state index in [0.29, 0.717) is 6.54 Å². The molecule has 0 aromatic carbocycles. The van der Waals surface area contributed by atoms with Gasteiger partial charge in [0.05, 0.1) is 10.9 Å². The molecule has 0 saturated carbocycles. The molecule has 0 atom stereocenters. The van der Waals surface area contributed by atoms with Gasteiger partial charge in [0.15, 0.2) is 0 Å². The van der Waals surface area contributed by atoms with Crippen LogP contribution in [0.15, 0.2) is 12.1 Å². The molecule has 1 saturated heterocycles. The van der Waals surface area contributed by atoms with Crippen LogP contribution in [0.4, 0.5) is 4.79 Å². The van der Waals surface area contributed by atoms with Gasteiger partial charge < -0.3 is 5.32 Å². The molecule has 0 radical (unpaired) electrons. The van der Waals surface area contributed by atoms with Crippen molar-refractivity contribution in [2.45, 2.75) is 13.5 Å². The number of rotatable bonds is 5. The van der Waals surface area contributed by atoms with Gasteiger partial charge in [-0.15, -0.1) is 11.3 Å². The lowest BCUT2D eigenvalue weighted by Gasteiger charge is -2.33. The number of amides is 3. The third kappa shape index (κ3) is 5.57. The number of carbonyl (C=O) groups is 2. The van der Waals surface area contributed by atoms with Gasteiger partial charge in [0.25, 0.3) is 0 Å².